The van der Waals surface area contributed by atoms with Gasteiger partial charge in [0.1, 0.15) is 11.8 Å². The molecule has 0 spiro atoms. The van der Waals surface area contributed by atoms with E-state index in [-0.39, 0.29) is 12.3 Å². The van der Waals surface area contributed by atoms with Crippen molar-refractivity contribution in [3.8, 4) is 22.0 Å². The van der Waals surface area contributed by atoms with Gasteiger partial charge in [-0.25, -0.2) is 29.4 Å². The van der Waals surface area contributed by atoms with Crippen LogP contribution in [0.3, 0.4) is 0 Å². The molecule has 4 aromatic rings. The van der Waals surface area contributed by atoms with Gasteiger partial charge in [0.2, 0.25) is 0 Å². The summed E-state index contributed by atoms with van der Waals surface area (Å²) in [6.45, 7) is 7.81. The summed E-state index contributed by atoms with van der Waals surface area (Å²) in [5.74, 6) is 0.589. The van der Waals surface area contributed by atoms with Crippen molar-refractivity contribution in [1.29, 1.82) is 0 Å². The predicted molar refractivity (Wildman–Crippen MR) is 156 cm³/mol. The van der Waals surface area contributed by atoms with E-state index in [4.69, 9.17) is 19.4 Å². The van der Waals surface area contributed by atoms with E-state index in [1.54, 1.807) is 16.2 Å². The number of carbonyl (C=O) groups excluding carboxylic acids is 1. The van der Waals surface area contributed by atoms with Crippen molar-refractivity contribution < 1.29 is 14.3 Å². The molecular formula is C27H34N8O3S2. The molecule has 0 radical (unpaired) electrons. The number of aromatic nitrogens is 6. The maximum atomic E-state index is 12.4. The summed E-state index contributed by atoms with van der Waals surface area (Å²) in [7, 11) is 2.07. The molecule has 0 saturated carbocycles. The first-order valence-corrected chi connectivity index (χ1v) is 15.3. The van der Waals surface area contributed by atoms with Gasteiger partial charge < -0.3 is 19.3 Å². The molecule has 0 bridgehead atoms. The third-order valence-corrected chi connectivity index (χ3v) is 9.27. The third-order valence-electron chi connectivity index (χ3n) is 7.16. The van der Waals surface area contributed by atoms with Gasteiger partial charge in [-0.2, -0.15) is 5.10 Å². The van der Waals surface area contributed by atoms with Gasteiger partial charge >= 0.3 is 6.09 Å². The first kappa shape index (κ1) is 27.0. The Morgan fingerprint density at radius 2 is 1.77 bits per heavy atom. The van der Waals surface area contributed by atoms with E-state index in [0.717, 1.165) is 69.6 Å². The molecule has 6 rings (SSSR count). The number of ether oxygens (including phenoxy) is 2. The molecule has 2 aliphatic heterocycles. The van der Waals surface area contributed by atoms with Crippen molar-refractivity contribution in [2.24, 2.45) is 0 Å². The number of thiazole rings is 2. The molecule has 13 heteroatoms. The molecule has 0 aromatic carbocycles. The molecule has 2 aliphatic rings. The number of rotatable bonds is 5. The van der Waals surface area contributed by atoms with Crippen LogP contribution in [0.2, 0.25) is 0 Å². The van der Waals surface area contributed by atoms with Crippen molar-refractivity contribution in [2.75, 3.05) is 31.6 Å². The minimum absolute atomic E-state index is 0.00688. The highest BCUT2D eigenvalue weighted by Crippen LogP contribution is 2.36. The van der Waals surface area contributed by atoms with Gasteiger partial charge in [0.15, 0.2) is 25.6 Å². The zero-order valence-corrected chi connectivity index (χ0v) is 24.9. The van der Waals surface area contributed by atoms with Gasteiger partial charge in [0.25, 0.3) is 0 Å². The van der Waals surface area contributed by atoms with Crippen molar-refractivity contribution in [3.63, 3.8) is 0 Å². The number of hydrogen-bond donors (Lipinski definition) is 0. The van der Waals surface area contributed by atoms with Gasteiger partial charge in [-0.3, -0.25) is 0 Å². The Balaban J connectivity index is 1.08. The van der Waals surface area contributed by atoms with Crippen LogP contribution in [0.4, 0.5) is 9.93 Å². The first-order valence-electron chi connectivity index (χ1n) is 13.7. The summed E-state index contributed by atoms with van der Waals surface area (Å²) in [5, 5.41) is 6.18. The monoisotopic (exact) mass is 582 g/mol. The van der Waals surface area contributed by atoms with Crippen molar-refractivity contribution in [3.05, 3.63) is 24.8 Å². The van der Waals surface area contributed by atoms with Gasteiger partial charge in [-0.15, -0.1) is 0 Å². The van der Waals surface area contributed by atoms with Crippen LogP contribution in [0.5, 0.6) is 0 Å². The Labute approximate surface area is 241 Å². The quantitative estimate of drug-likeness (QED) is 0.296. The smallest absolute Gasteiger partial charge is 0.410 e. The number of nitrogens with zero attached hydrogens (tertiary/aromatic N) is 8. The van der Waals surface area contributed by atoms with Gasteiger partial charge in [0.05, 0.1) is 6.20 Å². The average molecular weight is 583 g/mol. The van der Waals surface area contributed by atoms with Crippen LogP contribution in [-0.2, 0) is 9.47 Å². The summed E-state index contributed by atoms with van der Waals surface area (Å²) < 4.78 is 13.2. The zero-order chi connectivity index (χ0) is 27.9. The molecule has 2 fully saturated rings. The summed E-state index contributed by atoms with van der Waals surface area (Å²) in [5.41, 5.74) is 1.39. The molecule has 212 valence electrons. The van der Waals surface area contributed by atoms with Gasteiger partial charge in [-0.1, -0.05) is 22.7 Å². The number of likely N-dealkylation sites (tertiary alicyclic amines) is 1. The van der Waals surface area contributed by atoms with Crippen LogP contribution in [0, 0.1) is 0 Å². The molecule has 11 nitrogen and oxygen atoms in total. The molecule has 0 aliphatic carbocycles. The second kappa shape index (κ2) is 11.0. The van der Waals surface area contributed by atoms with E-state index >= 15 is 0 Å². The predicted octanol–water partition coefficient (Wildman–Crippen LogP) is 5.61. The maximum absolute atomic E-state index is 12.4. The lowest BCUT2D eigenvalue weighted by Gasteiger charge is -2.37. The molecular weight excluding hydrogens is 548 g/mol. The number of hydrogen-bond acceptors (Lipinski definition) is 11. The fraction of sp³-hybridized carbons (Fsp3) is 0.556. The zero-order valence-electron chi connectivity index (χ0n) is 23.2. The topological polar surface area (TPSA) is 111 Å². The van der Waals surface area contributed by atoms with Gasteiger partial charge in [-0.05, 0) is 52.9 Å². The average Bonchev–Trinajstić information content (AvgIpc) is 3.68. The van der Waals surface area contributed by atoms with Crippen LogP contribution in [0.25, 0.3) is 31.6 Å². The largest absolute Gasteiger partial charge is 0.444 e. The number of piperidine rings is 1. The van der Waals surface area contributed by atoms with E-state index < -0.39 is 5.60 Å². The van der Waals surface area contributed by atoms with Crippen LogP contribution < -0.4 is 4.90 Å². The fourth-order valence-electron chi connectivity index (χ4n) is 4.96. The first-order chi connectivity index (χ1) is 19.2. The van der Waals surface area contributed by atoms with Crippen LogP contribution >= 0.6 is 22.7 Å². The maximum Gasteiger partial charge on any atom is 0.410 e. The highest BCUT2D eigenvalue weighted by molar-refractivity contribution is 7.29. The number of carbonyl (C=O) groups is 1. The summed E-state index contributed by atoms with van der Waals surface area (Å²) in [6, 6.07) is 0.309. The molecule has 4 aromatic heterocycles. The standard InChI is InChI=1S/C27H34N8O3S2/c1-27(2,3)38-26(36)34-10-8-19(9-11-34)33(4)25-32-24-23(40-25)31-22(39-24)21-28-13-17(14-29-21)18-15-30-35(16-18)20-7-5-6-12-37-20/h13-16,19-20H,5-12H2,1-4H3. The lowest BCUT2D eigenvalue weighted by molar-refractivity contribution is -0.0394. The minimum atomic E-state index is -0.482. The summed E-state index contributed by atoms with van der Waals surface area (Å²) >= 11 is 3.08. The molecule has 1 atom stereocenters. The normalized spacial score (nSPS) is 18.8. The Hall–Kier alpha value is -3.16. The Bertz CT molecular complexity index is 1430. The molecule has 1 unspecified atom stereocenters. The molecule has 6 heterocycles. The Morgan fingerprint density at radius 3 is 2.45 bits per heavy atom. The van der Waals surface area contributed by atoms with Crippen LogP contribution in [0.1, 0.15) is 59.1 Å². The van der Waals surface area contributed by atoms with Crippen molar-refractivity contribution in [1.82, 2.24) is 34.6 Å². The SMILES string of the molecule is CN(c1nc2sc(-c3ncc(-c4cnn(C5CCCCO5)c4)cn3)nc2s1)C1CCN(C(=O)OC(C)(C)C)CC1. The van der Waals surface area contributed by atoms with Gasteiger partial charge in [0, 0.05) is 62.5 Å². The number of amides is 1. The van der Waals surface area contributed by atoms with Crippen LogP contribution in [0.15, 0.2) is 24.8 Å². The van der Waals surface area contributed by atoms with E-state index in [2.05, 4.69) is 27.0 Å². The van der Waals surface area contributed by atoms with E-state index in [1.165, 1.54) is 11.3 Å². The second-order valence-electron chi connectivity index (χ2n) is 11.3. The van der Waals surface area contributed by atoms with E-state index in [1.807, 2.05) is 50.2 Å². The third kappa shape index (κ3) is 5.81. The second-order valence-corrected chi connectivity index (χ2v) is 13.2. The fourth-order valence-corrected chi connectivity index (χ4v) is 6.98. The molecule has 1 amide bonds. The summed E-state index contributed by atoms with van der Waals surface area (Å²) in [4.78, 5) is 37.0. The lowest BCUT2D eigenvalue weighted by Crippen LogP contribution is -2.47. The highest BCUT2D eigenvalue weighted by Gasteiger charge is 2.30. The van der Waals surface area contributed by atoms with Crippen LogP contribution in [-0.4, -0.2) is 79.1 Å². The number of anilines is 1. The lowest BCUT2D eigenvalue weighted by atomic mass is 10.0. The van der Waals surface area contributed by atoms with Crippen molar-refractivity contribution in [2.45, 2.75) is 70.7 Å². The summed E-state index contributed by atoms with van der Waals surface area (Å²) in [6.07, 6.45) is 12.2. The minimum Gasteiger partial charge on any atom is -0.444 e. The Morgan fingerprint density at radius 1 is 1.02 bits per heavy atom. The molecule has 2 saturated heterocycles. The van der Waals surface area contributed by atoms with E-state index in [0.29, 0.717) is 25.0 Å². The van der Waals surface area contributed by atoms with Crippen molar-refractivity contribution >= 4 is 43.6 Å². The van der Waals surface area contributed by atoms with E-state index in [9.17, 15) is 4.79 Å². The Kier molecular flexibility index (Phi) is 7.44. The number of fused-ring (bicyclic) bond motifs is 1. The molecule has 0 N–H and O–H groups in total. The molecule has 40 heavy (non-hydrogen) atoms. The highest BCUT2D eigenvalue weighted by atomic mass is 32.1.